The molecule has 1 heterocycles. The molecule has 2 fully saturated rings. The van der Waals surface area contributed by atoms with Gasteiger partial charge in [0.1, 0.15) is 7.28 Å². The summed E-state index contributed by atoms with van der Waals surface area (Å²) >= 11 is 0. The molecule has 3 unspecified atom stereocenters. The molecule has 1 saturated carbocycles. The van der Waals surface area contributed by atoms with Gasteiger partial charge in [-0.1, -0.05) is 50.7 Å². The van der Waals surface area contributed by atoms with Crippen molar-refractivity contribution in [2.24, 2.45) is 5.92 Å². The molecule has 1 aliphatic carbocycles. The predicted octanol–water partition coefficient (Wildman–Crippen LogP) is 2.61. The Kier molecular flexibility index (Phi) is 1.75. The van der Waals surface area contributed by atoms with Crippen LogP contribution in [0.25, 0.3) is 0 Å². The van der Waals surface area contributed by atoms with E-state index < -0.39 is 0 Å². The Labute approximate surface area is 64.6 Å². The van der Waals surface area contributed by atoms with Crippen molar-refractivity contribution < 1.29 is 0 Å². The van der Waals surface area contributed by atoms with E-state index >= 15 is 0 Å². The van der Waals surface area contributed by atoms with Gasteiger partial charge in [0.05, 0.1) is 0 Å². The van der Waals surface area contributed by atoms with E-state index in [1.54, 1.807) is 20.1 Å². The summed E-state index contributed by atoms with van der Waals surface area (Å²) in [7, 11) is 1.58. The first-order chi connectivity index (χ1) is 4.86. The molecule has 3 atom stereocenters. The number of hydrogen-bond acceptors (Lipinski definition) is 0. The second-order valence-corrected chi connectivity index (χ2v) is 4.37. The lowest BCUT2D eigenvalue weighted by molar-refractivity contribution is 0.426. The van der Waals surface area contributed by atoms with Crippen LogP contribution in [0.1, 0.15) is 39.0 Å². The van der Waals surface area contributed by atoms with Crippen molar-refractivity contribution in [2.45, 2.75) is 50.7 Å². The molecule has 1 heteroatoms. The van der Waals surface area contributed by atoms with Crippen LogP contribution in [-0.4, -0.2) is 7.28 Å². The zero-order chi connectivity index (χ0) is 6.97. The Morgan fingerprint density at radius 1 is 1.00 bits per heavy atom. The molecule has 0 aromatic rings. The first-order valence-corrected chi connectivity index (χ1v) is 4.86. The molecule has 0 spiro atoms. The van der Waals surface area contributed by atoms with Crippen molar-refractivity contribution in [3.63, 3.8) is 0 Å². The molecule has 0 radical (unpaired) electrons. The predicted molar refractivity (Wildman–Crippen MR) is 46.9 cm³/mol. The van der Waals surface area contributed by atoms with Gasteiger partial charge in [-0.05, 0) is 5.92 Å². The third-order valence-corrected chi connectivity index (χ3v) is 3.37. The van der Waals surface area contributed by atoms with Crippen LogP contribution in [0.3, 0.4) is 0 Å². The highest BCUT2D eigenvalue weighted by Gasteiger charge is 2.38. The number of fused-ring (bicyclic) bond motifs is 1. The molecule has 0 N–H and O–H groups in total. The summed E-state index contributed by atoms with van der Waals surface area (Å²) in [4.78, 5) is 0. The van der Waals surface area contributed by atoms with E-state index in [1.165, 1.54) is 30.9 Å². The van der Waals surface area contributed by atoms with Gasteiger partial charge in [0.2, 0.25) is 0 Å². The van der Waals surface area contributed by atoms with Gasteiger partial charge in [-0.15, -0.1) is 0 Å². The van der Waals surface area contributed by atoms with Crippen molar-refractivity contribution in [3.8, 4) is 0 Å². The molecule has 0 amide bonds. The smallest absolute Gasteiger partial charge is 0.0693 e. The Morgan fingerprint density at radius 2 is 1.80 bits per heavy atom. The van der Waals surface area contributed by atoms with E-state index in [0.717, 1.165) is 5.92 Å². The third-order valence-electron chi connectivity index (χ3n) is 3.37. The Balaban J connectivity index is 1.83. The lowest BCUT2D eigenvalue weighted by Gasteiger charge is -2.14. The molecule has 0 bridgehead atoms. The first-order valence-electron chi connectivity index (χ1n) is 4.86. The number of rotatable bonds is 0. The zero-order valence-corrected chi connectivity index (χ0v) is 6.97. The Hall–Kier alpha value is 0.0649. The second-order valence-electron chi connectivity index (χ2n) is 4.37. The molecular weight excluding hydrogens is 119 g/mol. The lowest BCUT2D eigenvalue weighted by atomic mass is 9.93. The summed E-state index contributed by atoms with van der Waals surface area (Å²) in [6, 6.07) is 0. The highest BCUT2D eigenvalue weighted by Crippen LogP contribution is 2.50. The van der Waals surface area contributed by atoms with E-state index in [0.29, 0.717) is 0 Å². The SMILES string of the molecule is CC1CCCC2BC2CC1. The van der Waals surface area contributed by atoms with E-state index in [-0.39, 0.29) is 0 Å². The largest absolute Gasteiger partial charge is 0.126 e. The molecule has 2 rings (SSSR count). The average molecular weight is 136 g/mol. The third kappa shape index (κ3) is 1.38. The maximum absolute atomic E-state index is 2.42. The quantitative estimate of drug-likeness (QED) is 0.449. The molecule has 10 heavy (non-hydrogen) atoms. The van der Waals surface area contributed by atoms with Crippen molar-refractivity contribution in [1.29, 1.82) is 0 Å². The summed E-state index contributed by atoms with van der Waals surface area (Å²) in [6.07, 6.45) is 7.63. The van der Waals surface area contributed by atoms with Crippen LogP contribution in [0.5, 0.6) is 0 Å². The van der Waals surface area contributed by atoms with Gasteiger partial charge in [-0.2, -0.15) is 0 Å². The van der Waals surface area contributed by atoms with Gasteiger partial charge in [0, 0.05) is 0 Å². The molecule has 2 aliphatic rings. The summed E-state index contributed by atoms with van der Waals surface area (Å²) in [5, 5.41) is 0. The fraction of sp³-hybridized carbons (Fsp3) is 1.00. The topological polar surface area (TPSA) is 0 Å². The summed E-state index contributed by atoms with van der Waals surface area (Å²) in [6.45, 7) is 2.42. The normalized spacial score (nSPS) is 46.3. The minimum atomic E-state index is 1.03. The monoisotopic (exact) mass is 136 g/mol. The van der Waals surface area contributed by atoms with Gasteiger partial charge in [0.25, 0.3) is 0 Å². The second kappa shape index (κ2) is 2.60. The van der Waals surface area contributed by atoms with E-state index in [2.05, 4.69) is 6.92 Å². The molecule has 0 aromatic carbocycles. The summed E-state index contributed by atoms with van der Waals surface area (Å²) in [5.74, 6) is 3.37. The van der Waals surface area contributed by atoms with Crippen molar-refractivity contribution in [2.75, 3.05) is 0 Å². The van der Waals surface area contributed by atoms with Gasteiger partial charge in [-0.3, -0.25) is 0 Å². The lowest BCUT2D eigenvalue weighted by Crippen LogP contribution is -1.97. The number of hydrogen-bond donors (Lipinski definition) is 0. The van der Waals surface area contributed by atoms with Crippen LogP contribution < -0.4 is 0 Å². The highest BCUT2D eigenvalue weighted by molar-refractivity contribution is 6.53. The van der Waals surface area contributed by atoms with Crippen LogP contribution in [-0.2, 0) is 0 Å². The zero-order valence-electron chi connectivity index (χ0n) is 6.97. The fourth-order valence-corrected chi connectivity index (χ4v) is 2.39. The first kappa shape index (κ1) is 6.76. The summed E-state index contributed by atoms with van der Waals surface area (Å²) in [5.41, 5.74) is 0. The van der Waals surface area contributed by atoms with E-state index in [1.807, 2.05) is 0 Å². The minimum absolute atomic E-state index is 1.03. The Bertz CT molecular complexity index is 120. The minimum Gasteiger partial charge on any atom is -0.0693 e. The van der Waals surface area contributed by atoms with Crippen LogP contribution in [0.2, 0.25) is 11.6 Å². The van der Waals surface area contributed by atoms with Crippen molar-refractivity contribution >= 4 is 7.28 Å². The van der Waals surface area contributed by atoms with Crippen molar-refractivity contribution in [1.82, 2.24) is 0 Å². The molecule has 0 nitrogen and oxygen atoms in total. The molecule has 1 saturated heterocycles. The van der Waals surface area contributed by atoms with Gasteiger partial charge < -0.3 is 0 Å². The highest BCUT2D eigenvalue weighted by atomic mass is 14.3. The molecule has 1 aliphatic heterocycles. The maximum Gasteiger partial charge on any atom is 0.126 e. The molecule has 0 aromatic heterocycles. The van der Waals surface area contributed by atoms with Gasteiger partial charge in [0.15, 0.2) is 0 Å². The van der Waals surface area contributed by atoms with Crippen LogP contribution in [0, 0.1) is 5.92 Å². The standard InChI is InChI=1S/C9H17B/c1-7-3-2-4-8-9(10-8)6-5-7/h7-10H,2-6H2,1H3. The van der Waals surface area contributed by atoms with Crippen LogP contribution >= 0.6 is 0 Å². The van der Waals surface area contributed by atoms with Crippen LogP contribution in [0.4, 0.5) is 0 Å². The Morgan fingerprint density at radius 3 is 2.70 bits per heavy atom. The average Bonchev–Trinajstić information content (AvgIpc) is 2.59. The van der Waals surface area contributed by atoms with E-state index in [9.17, 15) is 0 Å². The molecule has 56 valence electrons. The maximum atomic E-state index is 2.42. The summed E-state index contributed by atoms with van der Waals surface area (Å²) < 4.78 is 0. The molecular formula is C9H17B. The van der Waals surface area contributed by atoms with Gasteiger partial charge in [-0.25, -0.2) is 0 Å². The van der Waals surface area contributed by atoms with Gasteiger partial charge >= 0.3 is 0 Å². The van der Waals surface area contributed by atoms with Crippen molar-refractivity contribution in [3.05, 3.63) is 0 Å². The fourth-order valence-electron chi connectivity index (χ4n) is 2.39. The van der Waals surface area contributed by atoms with Crippen LogP contribution in [0.15, 0.2) is 0 Å². The van der Waals surface area contributed by atoms with E-state index in [4.69, 9.17) is 0 Å².